The van der Waals surface area contributed by atoms with Gasteiger partial charge < -0.3 is 4.90 Å². The topological polar surface area (TPSA) is 3.24 Å². The van der Waals surface area contributed by atoms with Gasteiger partial charge in [-0.05, 0) is 74.3 Å². The van der Waals surface area contributed by atoms with Gasteiger partial charge in [0.2, 0.25) is 0 Å². The smallest absolute Gasteiger partial charge is 0.0546 e. The highest BCUT2D eigenvalue weighted by molar-refractivity contribution is 6.07. The number of fused-ring (bicyclic) bond motifs is 3. The lowest BCUT2D eigenvalue weighted by Gasteiger charge is -2.29. The van der Waals surface area contributed by atoms with Gasteiger partial charge in [0.1, 0.15) is 0 Å². The average Bonchev–Trinajstić information content (AvgIpc) is 2.97. The fourth-order valence-corrected chi connectivity index (χ4v) is 5.41. The molecule has 0 N–H and O–H groups in total. The molecule has 1 heteroatoms. The Hall–Kier alpha value is -4.88. The van der Waals surface area contributed by atoms with E-state index in [9.17, 15) is 0 Å². The lowest BCUT2D eigenvalue weighted by molar-refractivity contribution is 1.29. The first-order valence-electron chi connectivity index (χ1n) is 12.7. The summed E-state index contributed by atoms with van der Waals surface area (Å²) >= 11 is 0. The Morgan fingerprint density at radius 2 is 0.919 bits per heavy atom. The number of hydrogen-bond donors (Lipinski definition) is 0. The second kappa shape index (κ2) is 8.96. The van der Waals surface area contributed by atoms with Crippen molar-refractivity contribution in [3.63, 3.8) is 0 Å². The van der Waals surface area contributed by atoms with Gasteiger partial charge in [0.15, 0.2) is 0 Å². The third-order valence-electron chi connectivity index (χ3n) is 7.19. The van der Waals surface area contributed by atoms with E-state index in [0.717, 1.165) is 17.1 Å². The lowest BCUT2D eigenvalue weighted by Crippen LogP contribution is -2.11. The fraction of sp³-hybridized carbons (Fsp3) is 0. The molecule has 0 fully saturated rings. The summed E-state index contributed by atoms with van der Waals surface area (Å²) in [5.41, 5.74) is 5.89. The number of rotatable bonds is 4. The van der Waals surface area contributed by atoms with Gasteiger partial charge in [0, 0.05) is 16.9 Å². The molecule has 1 nitrogen and oxygen atoms in total. The Kier molecular flexibility index (Phi) is 5.19. The van der Waals surface area contributed by atoms with Gasteiger partial charge in [-0.1, -0.05) is 115 Å². The van der Waals surface area contributed by atoms with Crippen LogP contribution in [0.3, 0.4) is 0 Å². The van der Waals surface area contributed by atoms with Crippen molar-refractivity contribution in [2.45, 2.75) is 0 Å². The molecule has 0 saturated heterocycles. The molecule has 0 unspecified atom stereocenters. The van der Waals surface area contributed by atoms with E-state index in [1.807, 2.05) is 0 Å². The van der Waals surface area contributed by atoms with Gasteiger partial charge in [-0.3, -0.25) is 0 Å². The van der Waals surface area contributed by atoms with Crippen molar-refractivity contribution in [1.29, 1.82) is 0 Å². The van der Waals surface area contributed by atoms with Crippen molar-refractivity contribution in [3.05, 3.63) is 152 Å². The van der Waals surface area contributed by atoms with Crippen LogP contribution in [0.2, 0.25) is 0 Å². The third kappa shape index (κ3) is 3.82. The second-order valence-corrected chi connectivity index (χ2v) is 9.45. The summed E-state index contributed by atoms with van der Waals surface area (Å²) in [4.78, 5) is 2.39. The van der Waals surface area contributed by atoms with E-state index < -0.39 is 0 Å². The van der Waals surface area contributed by atoms with Crippen LogP contribution in [0.4, 0.5) is 17.1 Å². The summed E-state index contributed by atoms with van der Waals surface area (Å²) in [5.74, 6) is 0. The molecule has 7 aromatic carbocycles. The van der Waals surface area contributed by atoms with Gasteiger partial charge >= 0.3 is 0 Å². The van der Waals surface area contributed by atoms with Crippen LogP contribution in [0.25, 0.3) is 43.4 Å². The molecule has 174 valence electrons. The molecule has 0 aliphatic heterocycles. The molecule has 0 aliphatic rings. The summed E-state index contributed by atoms with van der Waals surface area (Å²) < 4.78 is 0. The maximum Gasteiger partial charge on any atom is 0.0546 e. The predicted molar refractivity (Wildman–Crippen MR) is 159 cm³/mol. The number of para-hydroxylation sites is 1. The monoisotopic (exact) mass is 471 g/mol. The maximum absolute atomic E-state index is 2.39. The van der Waals surface area contributed by atoms with E-state index in [1.165, 1.54) is 43.4 Å². The zero-order valence-electron chi connectivity index (χ0n) is 20.4. The summed E-state index contributed by atoms with van der Waals surface area (Å²) in [6.07, 6.45) is 0. The highest BCUT2D eigenvalue weighted by Gasteiger charge is 2.19. The third-order valence-corrected chi connectivity index (χ3v) is 7.19. The van der Waals surface area contributed by atoms with E-state index in [4.69, 9.17) is 0 Å². The lowest BCUT2D eigenvalue weighted by atomic mass is 9.93. The SMILES string of the molecule is c1ccc(N(c2ccc3ccccc3c2)c2ccc3ccccc3c2-c2ccc3ccccc3c2)cc1. The van der Waals surface area contributed by atoms with Crippen molar-refractivity contribution in [2.24, 2.45) is 0 Å². The normalized spacial score (nSPS) is 11.2. The Morgan fingerprint density at radius 1 is 0.351 bits per heavy atom. The van der Waals surface area contributed by atoms with E-state index >= 15 is 0 Å². The van der Waals surface area contributed by atoms with E-state index in [0.29, 0.717) is 0 Å². The molecule has 7 aromatic rings. The second-order valence-electron chi connectivity index (χ2n) is 9.45. The first-order valence-corrected chi connectivity index (χ1v) is 12.7. The number of benzene rings is 7. The van der Waals surface area contributed by atoms with Gasteiger partial charge in [0.05, 0.1) is 5.69 Å². The minimum Gasteiger partial charge on any atom is -0.310 e. The molecule has 0 radical (unpaired) electrons. The summed E-state index contributed by atoms with van der Waals surface area (Å²) in [7, 11) is 0. The molecule has 0 aromatic heterocycles. The molecular formula is C36H25N. The Morgan fingerprint density at radius 3 is 1.68 bits per heavy atom. The maximum atomic E-state index is 2.39. The van der Waals surface area contributed by atoms with Crippen LogP contribution in [-0.2, 0) is 0 Å². The largest absolute Gasteiger partial charge is 0.310 e. The molecule has 0 bridgehead atoms. The molecule has 0 atom stereocenters. The molecule has 0 saturated carbocycles. The zero-order valence-corrected chi connectivity index (χ0v) is 20.4. The first kappa shape index (κ1) is 21.4. The van der Waals surface area contributed by atoms with Crippen molar-refractivity contribution >= 4 is 49.4 Å². The molecule has 0 spiro atoms. The standard InChI is InChI=1S/C36H25N/c1-2-15-32(16-3-1)37(33-22-20-27-11-5-7-14-30(27)25-33)35-23-21-28-12-8-9-17-34(28)36(35)31-19-18-26-10-4-6-13-29(26)24-31/h1-25H. The zero-order chi connectivity index (χ0) is 24.6. The summed E-state index contributed by atoms with van der Waals surface area (Å²) in [6.45, 7) is 0. The van der Waals surface area contributed by atoms with Gasteiger partial charge in [0.25, 0.3) is 0 Å². The minimum atomic E-state index is 1.13. The van der Waals surface area contributed by atoms with Gasteiger partial charge in [-0.2, -0.15) is 0 Å². The van der Waals surface area contributed by atoms with Crippen LogP contribution < -0.4 is 4.90 Å². The molecule has 7 rings (SSSR count). The Bertz CT molecular complexity index is 1880. The first-order chi connectivity index (χ1) is 18.3. The highest BCUT2D eigenvalue weighted by Crippen LogP contribution is 2.45. The quantitative estimate of drug-likeness (QED) is 0.247. The van der Waals surface area contributed by atoms with E-state index in [1.54, 1.807) is 0 Å². The van der Waals surface area contributed by atoms with Crippen molar-refractivity contribution in [2.75, 3.05) is 4.90 Å². The number of anilines is 3. The Balaban J connectivity index is 1.54. The van der Waals surface area contributed by atoms with E-state index in [-0.39, 0.29) is 0 Å². The van der Waals surface area contributed by atoms with Crippen LogP contribution in [0.5, 0.6) is 0 Å². The molecule has 0 aliphatic carbocycles. The number of nitrogens with zero attached hydrogens (tertiary/aromatic N) is 1. The molecule has 0 amide bonds. The minimum absolute atomic E-state index is 1.13. The van der Waals surface area contributed by atoms with E-state index in [2.05, 4.69) is 157 Å². The highest BCUT2D eigenvalue weighted by atomic mass is 15.1. The number of hydrogen-bond acceptors (Lipinski definition) is 1. The molecular weight excluding hydrogens is 446 g/mol. The van der Waals surface area contributed by atoms with Gasteiger partial charge in [-0.15, -0.1) is 0 Å². The Labute approximate surface area is 216 Å². The van der Waals surface area contributed by atoms with Crippen molar-refractivity contribution in [1.82, 2.24) is 0 Å². The molecule has 37 heavy (non-hydrogen) atoms. The van der Waals surface area contributed by atoms with Gasteiger partial charge in [-0.25, -0.2) is 0 Å². The predicted octanol–water partition coefficient (Wildman–Crippen LogP) is 10.3. The summed E-state index contributed by atoms with van der Waals surface area (Å²) in [6, 6.07) is 54.6. The van der Waals surface area contributed by atoms with Crippen molar-refractivity contribution < 1.29 is 0 Å². The van der Waals surface area contributed by atoms with Crippen LogP contribution in [0.1, 0.15) is 0 Å². The summed E-state index contributed by atoms with van der Waals surface area (Å²) in [5, 5.41) is 7.46. The van der Waals surface area contributed by atoms with Crippen molar-refractivity contribution in [3.8, 4) is 11.1 Å². The molecule has 0 heterocycles. The van der Waals surface area contributed by atoms with Crippen LogP contribution >= 0.6 is 0 Å². The average molecular weight is 472 g/mol. The fourth-order valence-electron chi connectivity index (χ4n) is 5.41. The van der Waals surface area contributed by atoms with Crippen LogP contribution in [0.15, 0.2) is 152 Å². The van der Waals surface area contributed by atoms with Crippen LogP contribution in [-0.4, -0.2) is 0 Å². The van der Waals surface area contributed by atoms with Crippen LogP contribution in [0, 0.1) is 0 Å².